The number of nitrogens with one attached hydrogen (secondary N) is 1. The largest absolute Gasteiger partial charge is 0.496 e. The van der Waals surface area contributed by atoms with Crippen LogP contribution in [0.15, 0.2) is 22.7 Å². The first-order chi connectivity index (χ1) is 7.19. The molecule has 0 heterocycles. The Hall–Kier alpha value is -1.07. The van der Waals surface area contributed by atoms with Crippen molar-refractivity contribution in [3.05, 3.63) is 28.2 Å². The Bertz CT molecular complexity index is 355. The van der Waals surface area contributed by atoms with Crippen LogP contribution in [0.1, 0.15) is 10.4 Å². The number of benzene rings is 1. The van der Waals surface area contributed by atoms with Crippen molar-refractivity contribution in [1.29, 1.82) is 0 Å². The number of hydrogen-bond acceptors (Lipinski definition) is 3. The van der Waals surface area contributed by atoms with Gasteiger partial charge in [0.2, 0.25) is 0 Å². The van der Waals surface area contributed by atoms with E-state index in [0.717, 1.165) is 4.47 Å². The molecule has 2 N–H and O–H groups in total. The zero-order chi connectivity index (χ0) is 11.3. The Labute approximate surface area is 96.4 Å². The van der Waals surface area contributed by atoms with Gasteiger partial charge in [0, 0.05) is 11.0 Å². The summed E-state index contributed by atoms with van der Waals surface area (Å²) in [6.07, 6.45) is 0. The van der Waals surface area contributed by atoms with E-state index in [0.29, 0.717) is 11.3 Å². The molecule has 1 aromatic rings. The number of hydrogen-bond donors (Lipinski definition) is 2. The lowest BCUT2D eigenvalue weighted by molar-refractivity contribution is 0.0941. The highest BCUT2D eigenvalue weighted by molar-refractivity contribution is 9.10. The first-order valence-electron chi connectivity index (χ1n) is 4.41. The Morgan fingerprint density at radius 1 is 1.60 bits per heavy atom. The molecule has 0 aliphatic carbocycles. The van der Waals surface area contributed by atoms with E-state index in [4.69, 9.17) is 9.84 Å². The van der Waals surface area contributed by atoms with Crippen molar-refractivity contribution in [2.24, 2.45) is 0 Å². The van der Waals surface area contributed by atoms with Crippen LogP contribution in [0.2, 0.25) is 0 Å². The van der Waals surface area contributed by atoms with E-state index in [1.165, 1.54) is 7.11 Å². The predicted molar refractivity (Wildman–Crippen MR) is 60.1 cm³/mol. The first-order valence-corrected chi connectivity index (χ1v) is 5.21. The third-order valence-corrected chi connectivity index (χ3v) is 2.30. The summed E-state index contributed by atoms with van der Waals surface area (Å²) in [4.78, 5) is 11.6. The zero-order valence-electron chi connectivity index (χ0n) is 8.29. The SMILES string of the molecule is COc1ccc(Br)cc1C(=O)NCCO. The van der Waals surface area contributed by atoms with Crippen LogP contribution in [0.4, 0.5) is 0 Å². The van der Waals surface area contributed by atoms with Crippen molar-refractivity contribution in [2.75, 3.05) is 20.3 Å². The molecular formula is C10H12BrNO3. The molecule has 0 spiro atoms. The number of halogens is 1. The van der Waals surface area contributed by atoms with Gasteiger partial charge in [-0.1, -0.05) is 15.9 Å². The van der Waals surface area contributed by atoms with Crippen LogP contribution < -0.4 is 10.1 Å². The molecular weight excluding hydrogens is 262 g/mol. The normalized spacial score (nSPS) is 9.80. The van der Waals surface area contributed by atoms with Crippen LogP contribution in [-0.2, 0) is 0 Å². The Balaban J connectivity index is 2.90. The van der Waals surface area contributed by atoms with Gasteiger partial charge in [0.05, 0.1) is 19.3 Å². The lowest BCUT2D eigenvalue weighted by Crippen LogP contribution is -2.26. The second-order valence-corrected chi connectivity index (χ2v) is 3.74. The third-order valence-electron chi connectivity index (χ3n) is 1.80. The number of rotatable bonds is 4. The maximum Gasteiger partial charge on any atom is 0.255 e. The number of amides is 1. The highest BCUT2D eigenvalue weighted by atomic mass is 79.9. The summed E-state index contributed by atoms with van der Waals surface area (Å²) in [5.41, 5.74) is 0.445. The van der Waals surface area contributed by atoms with Crippen molar-refractivity contribution in [3.63, 3.8) is 0 Å². The molecule has 0 aliphatic heterocycles. The standard InChI is InChI=1S/C10H12BrNO3/c1-15-9-3-2-7(11)6-8(9)10(14)12-4-5-13/h2-3,6,13H,4-5H2,1H3,(H,12,14). The quantitative estimate of drug-likeness (QED) is 0.866. The number of aliphatic hydroxyl groups excluding tert-OH is 1. The van der Waals surface area contributed by atoms with Crippen molar-refractivity contribution in [1.82, 2.24) is 5.32 Å². The lowest BCUT2D eigenvalue weighted by atomic mass is 10.2. The van der Waals surface area contributed by atoms with Gasteiger partial charge in [0.25, 0.3) is 5.91 Å². The van der Waals surface area contributed by atoms with E-state index in [1.807, 2.05) is 0 Å². The smallest absolute Gasteiger partial charge is 0.255 e. The Morgan fingerprint density at radius 2 is 2.33 bits per heavy atom. The van der Waals surface area contributed by atoms with Crippen molar-refractivity contribution >= 4 is 21.8 Å². The van der Waals surface area contributed by atoms with Gasteiger partial charge in [-0.15, -0.1) is 0 Å². The summed E-state index contributed by atoms with van der Waals surface area (Å²) in [6.45, 7) is 0.149. The number of ether oxygens (including phenoxy) is 1. The number of carbonyl (C=O) groups is 1. The molecule has 1 aromatic carbocycles. The van der Waals surface area contributed by atoms with Crippen LogP contribution in [0, 0.1) is 0 Å². The average molecular weight is 274 g/mol. The molecule has 0 saturated heterocycles. The first kappa shape index (κ1) is 12.0. The molecule has 0 radical (unpaired) electrons. The zero-order valence-corrected chi connectivity index (χ0v) is 9.87. The molecule has 0 unspecified atom stereocenters. The van der Waals surface area contributed by atoms with Gasteiger partial charge in [-0.3, -0.25) is 4.79 Å². The molecule has 0 fully saturated rings. The molecule has 0 atom stereocenters. The van der Waals surface area contributed by atoms with Gasteiger partial charge in [0.15, 0.2) is 0 Å². The van der Waals surface area contributed by atoms with E-state index in [1.54, 1.807) is 18.2 Å². The third kappa shape index (κ3) is 3.21. The summed E-state index contributed by atoms with van der Waals surface area (Å²) in [7, 11) is 1.51. The summed E-state index contributed by atoms with van der Waals surface area (Å²) in [5, 5.41) is 11.1. The monoisotopic (exact) mass is 273 g/mol. The fourth-order valence-electron chi connectivity index (χ4n) is 1.12. The van der Waals surface area contributed by atoms with Crippen LogP contribution in [-0.4, -0.2) is 31.3 Å². The van der Waals surface area contributed by atoms with E-state index in [2.05, 4.69) is 21.2 Å². The molecule has 0 saturated carbocycles. The van der Waals surface area contributed by atoms with Gasteiger partial charge in [-0.25, -0.2) is 0 Å². The summed E-state index contributed by atoms with van der Waals surface area (Å²) >= 11 is 3.28. The van der Waals surface area contributed by atoms with Gasteiger partial charge in [0.1, 0.15) is 5.75 Å². The minimum Gasteiger partial charge on any atom is -0.496 e. The van der Waals surface area contributed by atoms with Crippen molar-refractivity contribution < 1.29 is 14.6 Å². The van der Waals surface area contributed by atoms with Crippen LogP contribution >= 0.6 is 15.9 Å². The molecule has 0 aliphatic rings. The van der Waals surface area contributed by atoms with Gasteiger partial charge in [-0.2, -0.15) is 0 Å². The Kier molecular flexibility index (Phi) is 4.58. The molecule has 0 aromatic heterocycles. The van der Waals surface area contributed by atoms with Crippen LogP contribution in [0.5, 0.6) is 5.75 Å². The second-order valence-electron chi connectivity index (χ2n) is 2.82. The van der Waals surface area contributed by atoms with E-state index >= 15 is 0 Å². The fraction of sp³-hybridized carbons (Fsp3) is 0.300. The molecule has 15 heavy (non-hydrogen) atoms. The molecule has 4 nitrogen and oxygen atoms in total. The lowest BCUT2D eigenvalue weighted by Gasteiger charge is -2.08. The predicted octanol–water partition coefficient (Wildman–Crippen LogP) is 1.18. The number of carbonyl (C=O) groups excluding carboxylic acids is 1. The topological polar surface area (TPSA) is 58.6 Å². The molecule has 1 rings (SSSR count). The minimum atomic E-state index is -0.262. The fourth-order valence-corrected chi connectivity index (χ4v) is 1.48. The minimum absolute atomic E-state index is 0.0813. The Morgan fingerprint density at radius 3 is 2.93 bits per heavy atom. The van der Waals surface area contributed by atoms with Crippen LogP contribution in [0.25, 0.3) is 0 Å². The summed E-state index contributed by atoms with van der Waals surface area (Å²) in [6, 6.07) is 5.17. The maximum atomic E-state index is 11.6. The highest BCUT2D eigenvalue weighted by Crippen LogP contribution is 2.22. The molecule has 0 bridgehead atoms. The maximum absolute atomic E-state index is 11.6. The average Bonchev–Trinajstić information content (AvgIpc) is 2.25. The summed E-state index contributed by atoms with van der Waals surface area (Å²) < 4.78 is 5.86. The van der Waals surface area contributed by atoms with Crippen molar-refractivity contribution in [3.8, 4) is 5.75 Å². The van der Waals surface area contributed by atoms with Gasteiger partial charge < -0.3 is 15.2 Å². The number of methoxy groups -OCH3 is 1. The van der Waals surface area contributed by atoms with Crippen LogP contribution in [0.3, 0.4) is 0 Å². The number of aliphatic hydroxyl groups is 1. The summed E-state index contributed by atoms with van der Waals surface area (Å²) in [5.74, 6) is 0.246. The van der Waals surface area contributed by atoms with E-state index in [-0.39, 0.29) is 19.1 Å². The van der Waals surface area contributed by atoms with Gasteiger partial charge in [-0.05, 0) is 18.2 Å². The molecule has 1 amide bonds. The molecule has 82 valence electrons. The highest BCUT2D eigenvalue weighted by Gasteiger charge is 2.11. The van der Waals surface area contributed by atoms with E-state index < -0.39 is 0 Å². The second kappa shape index (κ2) is 5.72. The molecule has 5 heteroatoms. The van der Waals surface area contributed by atoms with Gasteiger partial charge >= 0.3 is 0 Å². The van der Waals surface area contributed by atoms with Crippen molar-refractivity contribution in [2.45, 2.75) is 0 Å². The van der Waals surface area contributed by atoms with E-state index in [9.17, 15) is 4.79 Å².